The SMILES string of the molecule is Cc1ccc(S(=O)(=O)OCc2ccc3c(Cl)nccc3c2)cc1. The van der Waals surface area contributed by atoms with Gasteiger partial charge in [-0.05, 0) is 42.1 Å². The lowest BCUT2D eigenvalue weighted by atomic mass is 10.1. The Kier molecular flexibility index (Phi) is 4.35. The molecule has 0 saturated carbocycles. The average Bonchev–Trinajstić information content (AvgIpc) is 2.54. The molecule has 0 atom stereocenters. The van der Waals surface area contributed by atoms with Crippen LogP contribution < -0.4 is 0 Å². The summed E-state index contributed by atoms with van der Waals surface area (Å²) >= 11 is 6.01. The Morgan fingerprint density at radius 1 is 1.09 bits per heavy atom. The van der Waals surface area contributed by atoms with Gasteiger partial charge in [-0.3, -0.25) is 4.18 Å². The summed E-state index contributed by atoms with van der Waals surface area (Å²) in [6.07, 6.45) is 1.61. The number of pyridine rings is 1. The van der Waals surface area contributed by atoms with E-state index >= 15 is 0 Å². The maximum Gasteiger partial charge on any atom is 0.297 e. The second kappa shape index (κ2) is 6.28. The van der Waals surface area contributed by atoms with Crippen molar-refractivity contribution in [3.05, 3.63) is 71.0 Å². The van der Waals surface area contributed by atoms with Crippen LogP contribution in [0.1, 0.15) is 11.1 Å². The molecule has 0 fully saturated rings. The molecule has 0 aliphatic heterocycles. The Bertz CT molecular complexity index is 953. The molecular formula is C17H14ClNO3S. The van der Waals surface area contributed by atoms with Crippen molar-refractivity contribution in [3.8, 4) is 0 Å². The molecular weight excluding hydrogens is 334 g/mol. The number of hydrogen-bond acceptors (Lipinski definition) is 4. The van der Waals surface area contributed by atoms with Crippen LogP contribution in [0.4, 0.5) is 0 Å². The van der Waals surface area contributed by atoms with Gasteiger partial charge >= 0.3 is 0 Å². The molecule has 0 aliphatic rings. The fraction of sp³-hybridized carbons (Fsp3) is 0.118. The molecule has 0 bridgehead atoms. The molecule has 0 unspecified atom stereocenters. The number of halogens is 1. The molecule has 1 aromatic heterocycles. The summed E-state index contributed by atoms with van der Waals surface area (Å²) in [6.45, 7) is 1.86. The van der Waals surface area contributed by atoms with Gasteiger partial charge in [-0.2, -0.15) is 8.42 Å². The van der Waals surface area contributed by atoms with Crippen molar-refractivity contribution in [2.75, 3.05) is 0 Å². The van der Waals surface area contributed by atoms with E-state index in [1.54, 1.807) is 24.4 Å². The highest BCUT2D eigenvalue weighted by Crippen LogP contribution is 2.23. The largest absolute Gasteiger partial charge is 0.297 e. The number of hydrogen-bond donors (Lipinski definition) is 0. The first kappa shape index (κ1) is 15.9. The van der Waals surface area contributed by atoms with Crippen molar-refractivity contribution in [1.29, 1.82) is 0 Å². The molecule has 0 radical (unpaired) electrons. The van der Waals surface area contributed by atoms with Crippen LogP contribution in [-0.2, 0) is 20.9 Å². The second-order valence-electron chi connectivity index (χ2n) is 5.19. The molecule has 4 nitrogen and oxygen atoms in total. The van der Waals surface area contributed by atoms with E-state index in [-0.39, 0.29) is 11.5 Å². The number of aromatic nitrogens is 1. The maximum absolute atomic E-state index is 12.2. The van der Waals surface area contributed by atoms with Gasteiger partial charge in [0, 0.05) is 11.6 Å². The highest BCUT2D eigenvalue weighted by molar-refractivity contribution is 7.86. The Hall–Kier alpha value is -1.95. The van der Waals surface area contributed by atoms with E-state index in [4.69, 9.17) is 15.8 Å². The third-order valence-corrected chi connectivity index (χ3v) is 5.05. The van der Waals surface area contributed by atoms with Crippen molar-refractivity contribution in [2.24, 2.45) is 0 Å². The molecule has 0 N–H and O–H groups in total. The molecule has 3 aromatic rings. The number of aryl methyl sites for hydroxylation is 1. The smallest absolute Gasteiger partial charge is 0.262 e. The lowest BCUT2D eigenvalue weighted by Gasteiger charge is -2.07. The van der Waals surface area contributed by atoms with Crippen LogP contribution in [0.15, 0.2) is 59.6 Å². The fourth-order valence-corrected chi connectivity index (χ4v) is 3.32. The van der Waals surface area contributed by atoms with E-state index in [9.17, 15) is 8.42 Å². The van der Waals surface area contributed by atoms with Gasteiger partial charge in [-0.1, -0.05) is 41.4 Å². The van der Waals surface area contributed by atoms with E-state index < -0.39 is 10.1 Å². The third-order valence-electron chi connectivity index (χ3n) is 3.47. The summed E-state index contributed by atoms with van der Waals surface area (Å²) in [5, 5.41) is 2.13. The molecule has 6 heteroatoms. The first-order valence-corrected chi connectivity index (χ1v) is 8.73. The zero-order valence-corrected chi connectivity index (χ0v) is 13.9. The standard InChI is InChI=1S/C17H14ClNO3S/c1-12-2-5-15(6-3-12)23(20,21)22-11-13-4-7-16-14(10-13)8-9-19-17(16)18/h2-10H,11H2,1H3. The van der Waals surface area contributed by atoms with Crippen LogP contribution in [0.25, 0.3) is 10.8 Å². The van der Waals surface area contributed by atoms with Gasteiger partial charge < -0.3 is 0 Å². The summed E-state index contributed by atoms with van der Waals surface area (Å²) in [7, 11) is -3.78. The van der Waals surface area contributed by atoms with E-state index in [0.717, 1.165) is 21.9 Å². The van der Waals surface area contributed by atoms with Crippen molar-refractivity contribution in [2.45, 2.75) is 18.4 Å². The van der Waals surface area contributed by atoms with Crippen LogP contribution in [0.2, 0.25) is 5.15 Å². The van der Waals surface area contributed by atoms with Gasteiger partial charge in [-0.15, -0.1) is 0 Å². The number of rotatable bonds is 4. The highest BCUT2D eigenvalue weighted by atomic mass is 35.5. The molecule has 0 saturated heterocycles. The van der Waals surface area contributed by atoms with E-state index in [0.29, 0.717) is 5.15 Å². The van der Waals surface area contributed by atoms with Crippen molar-refractivity contribution in [3.63, 3.8) is 0 Å². The summed E-state index contributed by atoms with van der Waals surface area (Å²) in [4.78, 5) is 4.16. The maximum atomic E-state index is 12.2. The molecule has 0 aliphatic carbocycles. The van der Waals surface area contributed by atoms with Crippen molar-refractivity contribution >= 4 is 32.5 Å². The second-order valence-corrected chi connectivity index (χ2v) is 7.16. The molecule has 0 spiro atoms. The highest BCUT2D eigenvalue weighted by Gasteiger charge is 2.15. The minimum absolute atomic E-state index is 0.0356. The van der Waals surface area contributed by atoms with Crippen LogP contribution in [0.5, 0.6) is 0 Å². The first-order valence-electron chi connectivity index (χ1n) is 6.95. The van der Waals surface area contributed by atoms with Crippen LogP contribution in [0.3, 0.4) is 0 Å². The normalized spacial score (nSPS) is 11.7. The van der Waals surface area contributed by atoms with Gasteiger partial charge in [-0.25, -0.2) is 4.98 Å². The average molecular weight is 348 g/mol. The lowest BCUT2D eigenvalue weighted by molar-refractivity contribution is 0.308. The summed E-state index contributed by atoms with van der Waals surface area (Å²) < 4.78 is 29.5. The van der Waals surface area contributed by atoms with Gasteiger partial charge in [0.1, 0.15) is 5.15 Å². The van der Waals surface area contributed by atoms with Crippen molar-refractivity contribution < 1.29 is 12.6 Å². The van der Waals surface area contributed by atoms with Crippen LogP contribution in [0, 0.1) is 6.92 Å². The Morgan fingerprint density at radius 3 is 2.57 bits per heavy atom. The van der Waals surface area contributed by atoms with E-state index in [2.05, 4.69) is 4.98 Å². The van der Waals surface area contributed by atoms with Gasteiger partial charge in [0.05, 0.1) is 11.5 Å². The fourth-order valence-electron chi connectivity index (χ4n) is 2.20. The number of fused-ring (bicyclic) bond motifs is 1. The van der Waals surface area contributed by atoms with Gasteiger partial charge in [0.2, 0.25) is 0 Å². The van der Waals surface area contributed by atoms with Crippen LogP contribution >= 0.6 is 11.6 Å². The number of benzene rings is 2. The zero-order chi connectivity index (χ0) is 16.4. The predicted molar refractivity (Wildman–Crippen MR) is 89.9 cm³/mol. The van der Waals surface area contributed by atoms with E-state index in [1.807, 2.05) is 25.1 Å². The number of nitrogens with zero attached hydrogens (tertiary/aromatic N) is 1. The first-order chi connectivity index (χ1) is 11.0. The summed E-state index contributed by atoms with van der Waals surface area (Å²) in [5.74, 6) is 0. The molecule has 23 heavy (non-hydrogen) atoms. The lowest BCUT2D eigenvalue weighted by Crippen LogP contribution is -2.06. The molecule has 2 aromatic carbocycles. The van der Waals surface area contributed by atoms with Gasteiger partial charge in [0.15, 0.2) is 0 Å². The minimum Gasteiger partial charge on any atom is -0.262 e. The molecule has 0 amide bonds. The molecule has 3 rings (SSSR count). The predicted octanol–water partition coefficient (Wildman–Crippen LogP) is 4.10. The topological polar surface area (TPSA) is 56.3 Å². The minimum atomic E-state index is -3.78. The zero-order valence-electron chi connectivity index (χ0n) is 12.4. The monoisotopic (exact) mass is 347 g/mol. The summed E-state index contributed by atoms with van der Waals surface area (Å²) in [5.41, 5.74) is 1.74. The molecule has 118 valence electrons. The summed E-state index contributed by atoms with van der Waals surface area (Å²) in [6, 6.07) is 13.8. The third kappa shape index (κ3) is 3.52. The van der Waals surface area contributed by atoms with Crippen molar-refractivity contribution in [1.82, 2.24) is 4.98 Å². The van der Waals surface area contributed by atoms with E-state index in [1.165, 1.54) is 12.1 Å². The quantitative estimate of drug-likeness (QED) is 0.526. The Morgan fingerprint density at radius 2 is 1.83 bits per heavy atom. The van der Waals surface area contributed by atoms with Crippen LogP contribution in [-0.4, -0.2) is 13.4 Å². The molecule has 1 heterocycles. The van der Waals surface area contributed by atoms with Gasteiger partial charge in [0.25, 0.3) is 10.1 Å². The Labute approximate surface area is 139 Å². The Balaban J connectivity index is 1.81.